The first-order chi connectivity index (χ1) is 8.49. The van der Waals surface area contributed by atoms with Gasteiger partial charge in [0, 0.05) is 0 Å². The lowest BCUT2D eigenvalue weighted by molar-refractivity contribution is -0.402. The monoisotopic (exact) mass is 255 g/mol. The highest BCUT2D eigenvalue weighted by Gasteiger charge is 2.20. The smallest absolute Gasteiger partial charge is 0.403 e. The van der Waals surface area contributed by atoms with Crippen LogP contribution in [0.3, 0.4) is 0 Å². The van der Waals surface area contributed by atoms with Crippen LogP contribution >= 0.6 is 0 Å². The number of aliphatic hydroxyl groups excluding tert-OH is 1. The molecule has 1 unspecified atom stereocenters. The number of furan rings is 1. The van der Waals surface area contributed by atoms with E-state index in [1.165, 1.54) is 6.07 Å². The Morgan fingerprint density at radius 1 is 1.22 bits per heavy atom. The van der Waals surface area contributed by atoms with Crippen LogP contribution in [0.4, 0.5) is 14.7 Å². The number of rotatable bonds is 3. The average molecular weight is 255 g/mol. The van der Waals surface area contributed by atoms with Gasteiger partial charge in [0.25, 0.3) is 0 Å². The van der Waals surface area contributed by atoms with Gasteiger partial charge in [-0.05, 0) is 23.8 Å². The normalized spacial score (nSPS) is 12.4. The van der Waals surface area contributed by atoms with Crippen molar-refractivity contribution in [2.75, 3.05) is 0 Å². The van der Waals surface area contributed by atoms with Crippen LogP contribution in [0.25, 0.3) is 0 Å². The third kappa shape index (κ3) is 2.21. The highest BCUT2D eigenvalue weighted by Crippen LogP contribution is 2.27. The highest BCUT2D eigenvalue weighted by atomic mass is 19.2. The van der Waals surface area contributed by atoms with Gasteiger partial charge in [-0.25, -0.2) is 8.78 Å². The third-order valence-corrected chi connectivity index (χ3v) is 2.32. The first-order valence-corrected chi connectivity index (χ1v) is 4.86. The fraction of sp³-hybridized carbons (Fsp3) is 0.0909. The van der Waals surface area contributed by atoms with E-state index >= 15 is 0 Å². The van der Waals surface area contributed by atoms with Crippen molar-refractivity contribution in [1.29, 1.82) is 0 Å². The minimum Gasteiger partial charge on any atom is -0.403 e. The molecule has 2 rings (SSSR count). The number of hydrogen-bond acceptors (Lipinski definition) is 4. The Labute approximate surface area is 99.4 Å². The van der Waals surface area contributed by atoms with Crippen molar-refractivity contribution in [3.05, 3.63) is 63.4 Å². The predicted molar refractivity (Wildman–Crippen MR) is 55.8 cm³/mol. The molecule has 0 saturated heterocycles. The van der Waals surface area contributed by atoms with Crippen molar-refractivity contribution in [2.24, 2.45) is 0 Å². The molecule has 0 aliphatic carbocycles. The topological polar surface area (TPSA) is 76.5 Å². The van der Waals surface area contributed by atoms with Gasteiger partial charge < -0.3 is 9.52 Å². The molecule has 0 spiro atoms. The molecule has 0 aliphatic rings. The molecule has 18 heavy (non-hydrogen) atoms. The summed E-state index contributed by atoms with van der Waals surface area (Å²) >= 11 is 0. The molecule has 1 atom stereocenters. The van der Waals surface area contributed by atoms with Crippen LogP contribution in [0, 0.1) is 21.7 Å². The summed E-state index contributed by atoms with van der Waals surface area (Å²) in [6.07, 6.45) is -1.39. The van der Waals surface area contributed by atoms with E-state index in [1.54, 1.807) is 0 Å². The number of hydrogen-bond donors (Lipinski definition) is 1. The van der Waals surface area contributed by atoms with Gasteiger partial charge in [0.1, 0.15) is 16.8 Å². The molecule has 1 aromatic heterocycles. The maximum absolute atomic E-state index is 13.0. The highest BCUT2D eigenvalue weighted by molar-refractivity contribution is 5.28. The largest absolute Gasteiger partial charge is 0.433 e. The Balaban J connectivity index is 2.31. The third-order valence-electron chi connectivity index (χ3n) is 2.32. The zero-order chi connectivity index (χ0) is 13.3. The summed E-state index contributed by atoms with van der Waals surface area (Å²) < 4.78 is 30.4. The number of aliphatic hydroxyl groups is 1. The standard InChI is InChI=1S/C11H7F2NO4/c12-7-2-1-6(5-8(7)13)11(15)9-3-4-10(18-9)14(16)17/h1-5,11,15H. The molecule has 94 valence electrons. The Morgan fingerprint density at radius 3 is 2.50 bits per heavy atom. The van der Waals surface area contributed by atoms with Crippen LogP contribution in [-0.4, -0.2) is 10.0 Å². The summed E-state index contributed by atoms with van der Waals surface area (Å²) in [5.41, 5.74) is 0.0400. The SMILES string of the molecule is O=[N+]([O-])c1ccc(C(O)c2ccc(F)c(F)c2)o1. The average Bonchev–Trinajstić information content (AvgIpc) is 2.81. The van der Waals surface area contributed by atoms with Gasteiger partial charge >= 0.3 is 5.88 Å². The molecular weight excluding hydrogens is 248 g/mol. The molecule has 7 heteroatoms. The second kappa shape index (κ2) is 4.53. The summed E-state index contributed by atoms with van der Waals surface area (Å²) in [5.74, 6) is -2.82. The number of halogens is 2. The quantitative estimate of drug-likeness (QED) is 0.675. The summed E-state index contributed by atoms with van der Waals surface area (Å²) in [5, 5.41) is 20.2. The van der Waals surface area contributed by atoms with Crippen molar-refractivity contribution in [3.8, 4) is 0 Å². The molecule has 0 radical (unpaired) electrons. The van der Waals surface area contributed by atoms with Gasteiger partial charge in [0.05, 0.1) is 6.07 Å². The first-order valence-electron chi connectivity index (χ1n) is 4.86. The van der Waals surface area contributed by atoms with E-state index in [2.05, 4.69) is 0 Å². The zero-order valence-electron chi connectivity index (χ0n) is 8.84. The fourth-order valence-corrected chi connectivity index (χ4v) is 1.43. The molecule has 0 aliphatic heterocycles. The summed E-state index contributed by atoms with van der Waals surface area (Å²) in [7, 11) is 0. The number of nitro groups is 1. The molecule has 1 N–H and O–H groups in total. The summed E-state index contributed by atoms with van der Waals surface area (Å²) in [6.45, 7) is 0. The Hall–Kier alpha value is -2.28. The minimum absolute atomic E-state index is 0.0400. The van der Waals surface area contributed by atoms with E-state index in [-0.39, 0.29) is 11.3 Å². The van der Waals surface area contributed by atoms with Crippen molar-refractivity contribution in [1.82, 2.24) is 0 Å². The van der Waals surface area contributed by atoms with Gasteiger partial charge in [0.2, 0.25) is 0 Å². The number of benzene rings is 1. The van der Waals surface area contributed by atoms with E-state index in [1.807, 2.05) is 0 Å². The molecule has 5 nitrogen and oxygen atoms in total. The molecule has 2 aromatic rings. The summed E-state index contributed by atoms with van der Waals surface area (Å²) in [4.78, 5) is 9.63. The van der Waals surface area contributed by atoms with Gasteiger partial charge in [-0.15, -0.1) is 0 Å². The maximum Gasteiger partial charge on any atom is 0.433 e. The molecule has 0 saturated carbocycles. The van der Waals surface area contributed by atoms with Gasteiger partial charge in [-0.2, -0.15) is 0 Å². The van der Waals surface area contributed by atoms with Crippen molar-refractivity contribution in [2.45, 2.75) is 6.10 Å². The Kier molecular flexibility index (Phi) is 3.07. The second-order valence-electron chi connectivity index (χ2n) is 3.51. The lowest BCUT2D eigenvalue weighted by Crippen LogP contribution is -1.99. The predicted octanol–water partition coefficient (Wildman–Crippen LogP) is 2.55. The van der Waals surface area contributed by atoms with Gasteiger partial charge in [-0.1, -0.05) is 6.07 Å². The van der Waals surface area contributed by atoms with E-state index in [0.717, 1.165) is 24.3 Å². The van der Waals surface area contributed by atoms with Crippen molar-refractivity contribution < 1.29 is 23.2 Å². The van der Waals surface area contributed by atoms with E-state index in [4.69, 9.17) is 4.42 Å². The molecular formula is C11H7F2NO4. The summed E-state index contributed by atoms with van der Waals surface area (Å²) in [6, 6.07) is 5.08. The molecule has 0 fully saturated rings. The van der Waals surface area contributed by atoms with Crippen LogP contribution < -0.4 is 0 Å². The van der Waals surface area contributed by atoms with E-state index < -0.39 is 28.5 Å². The molecule has 0 bridgehead atoms. The lowest BCUT2D eigenvalue weighted by atomic mass is 10.1. The fourth-order valence-electron chi connectivity index (χ4n) is 1.43. The van der Waals surface area contributed by atoms with Crippen LogP contribution in [0.5, 0.6) is 0 Å². The van der Waals surface area contributed by atoms with Gasteiger partial charge in [-0.3, -0.25) is 10.1 Å². The minimum atomic E-state index is -1.39. The van der Waals surface area contributed by atoms with Crippen LogP contribution in [0.15, 0.2) is 34.7 Å². The van der Waals surface area contributed by atoms with Crippen LogP contribution in [-0.2, 0) is 0 Å². The Morgan fingerprint density at radius 2 is 1.94 bits per heavy atom. The molecule has 1 heterocycles. The Bertz CT molecular complexity index is 596. The first kappa shape index (κ1) is 12.2. The molecule has 0 amide bonds. The van der Waals surface area contributed by atoms with Gasteiger partial charge in [0.15, 0.2) is 11.6 Å². The number of nitrogens with zero attached hydrogens (tertiary/aromatic N) is 1. The van der Waals surface area contributed by atoms with Crippen molar-refractivity contribution >= 4 is 5.88 Å². The second-order valence-corrected chi connectivity index (χ2v) is 3.51. The molecule has 1 aromatic carbocycles. The van der Waals surface area contributed by atoms with Crippen molar-refractivity contribution in [3.63, 3.8) is 0 Å². The maximum atomic E-state index is 13.0. The lowest BCUT2D eigenvalue weighted by Gasteiger charge is -2.07. The zero-order valence-corrected chi connectivity index (χ0v) is 8.84. The van der Waals surface area contributed by atoms with E-state index in [0.29, 0.717) is 0 Å². The van der Waals surface area contributed by atoms with E-state index in [9.17, 15) is 24.0 Å². The van der Waals surface area contributed by atoms with Crippen LogP contribution in [0.2, 0.25) is 0 Å². The van der Waals surface area contributed by atoms with Crippen LogP contribution in [0.1, 0.15) is 17.4 Å².